The molecule has 1 aromatic rings. The van der Waals surface area contributed by atoms with E-state index in [1.165, 1.54) is 28.1 Å². The van der Waals surface area contributed by atoms with E-state index in [4.69, 9.17) is 33.3 Å². The number of Topliss-reactive ketones (excluding diaryl/α,β-unsaturated/α-hetero) is 1. The number of allylic oxidation sites excluding steroid dienone is 4. The number of hydrogen-bond acceptors (Lipinski definition) is 18. The van der Waals surface area contributed by atoms with Crippen LogP contribution in [0.3, 0.4) is 0 Å². The molecule has 23 heteroatoms. The third-order valence-electron chi connectivity index (χ3n) is 15.2. The lowest BCUT2D eigenvalue weighted by Gasteiger charge is -2.42. The van der Waals surface area contributed by atoms with Gasteiger partial charge in [0, 0.05) is 70.9 Å². The number of likely N-dealkylation sites (N-methyl/N-ethyl adjacent to an activating group) is 2. The van der Waals surface area contributed by atoms with Gasteiger partial charge < -0.3 is 53.5 Å². The van der Waals surface area contributed by atoms with E-state index in [9.17, 15) is 48.3 Å². The Hall–Kier alpha value is -6.30. The summed E-state index contributed by atoms with van der Waals surface area (Å²) in [6, 6.07) is 1.05. The fraction of sp³-hybridized carbons (Fsp3) is 0.618. The first-order valence-corrected chi connectivity index (χ1v) is 27.4. The van der Waals surface area contributed by atoms with Crippen LogP contribution in [0.2, 0.25) is 0 Å². The zero-order chi connectivity index (χ0) is 57.2. The number of amides is 6. The van der Waals surface area contributed by atoms with Crippen molar-refractivity contribution in [3.8, 4) is 5.75 Å². The Morgan fingerprint density at radius 1 is 0.987 bits per heavy atom. The third kappa shape index (κ3) is 15.1. The second kappa shape index (κ2) is 26.6. The molecule has 0 aromatic heterocycles. The Morgan fingerprint density at radius 3 is 2.40 bits per heavy atom. The summed E-state index contributed by atoms with van der Waals surface area (Å²) in [5.41, 5.74) is 0.0573. The lowest BCUT2D eigenvalue weighted by molar-refractivity contribution is -0.199. The highest BCUT2D eigenvalue weighted by Crippen LogP contribution is 2.49. The highest BCUT2D eigenvalue weighted by molar-refractivity contribution is 8.13. The fourth-order valence-electron chi connectivity index (χ4n) is 10.1. The van der Waals surface area contributed by atoms with Crippen LogP contribution in [-0.4, -0.2) is 167 Å². The molecular weight excluding hydrogens is 1030 g/mol. The van der Waals surface area contributed by atoms with Gasteiger partial charge in [0.15, 0.2) is 5.72 Å². The fourth-order valence-corrected chi connectivity index (χ4v) is 10.8. The number of rotatable bonds is 14. The molecular formula is C55H75N5O17S. The van der Waals surface area contributed by atoms with E-state index in [0.717, 1.165) is 52.2 Å². The molecule has 6 unspecified atom stereocenters. The molecule has 3 saturated heterocycles. The minimum absolute atomic E-state index is 0.112. The number of benzene rings is 1. The predicted molar refractivity (Wildman–Crippen MR) is 282 cm³/mol. The van der Waals surface area contributed by atoms with Crippen LogP contribution < -0.4 is 15.4 Å². The van der Waals surface area contributed by atoms with Gasteiger partial charge in [0.1, 0.15) is 53.6 Å². The maximum Gasteiger partial charge on any atom is 0.410 e. The zero-order valence-electron chi connectivity index (χ0n) is 46.2. The number of imide groups is 1. The van der Waals surface area contributed by atoms with Crippen LogP contribution in [0, 0.1) is 12.8 Å². The predicted octanol–water partition coefficient (Wildman–Crippen LogP) is 5.65. The lowest BCUT2D eigenvalue weighted by Crippen LogP contribution is -2.63. The van der Waals surface area contributed by atoms with E-state index < -0.39 is 119 Å². The van der Waals surface area contributed by atoms with E-state index in [2.05, 4.69) is 10.6 Å². The normalized spacial score (nSPS) is 29.8. The summed E-state index contributed by atoms with van der Waals surface area (Å²) in [5.74, 6) is -5.30. The molecule has 5 aliphatic rings. The smallest absolute Gasteiger partial charge is 0.410 e. The Morgan fingerprint density at radius 2 is 1.71 bits per heavy atom. The molecule has 3 fully saturated rings. The van der Waals surface area contributed by atoms with Crippen LogP contribution in [0.25, 0.3) is 0 Å². The number of nitrogens with one attached hydrogen (secondary N) is 2. The molecule has 4 bridgehead atoms. The number of esters is 1. The van der Waals surface area contributed by atoms with Crippen molar-refractivity contribution >= 4 is 64.6 Å². The molecule has 2 aliphatic carbocycles. The summed E-state index contributed by atoms with van der Waals surface area (Å²) in [6.45, 7) is 9.99. The number of aliphatic hydroxyl groups is 1. The van der Waals surface area contributed by atoms with Crippen molar-refractivity contribution in [1.82, 2.24) is 25.5 Å². The van der Waals surface area contributed by atoms with Crippen LogP contribution >= 0.6 is 11.8 Å². The van der Waals surface area contributed by atoms with E-state index in [-0.39, 0.29) is 43.6 Å². The Balaban J connectivity index is 1.15. The first-order chi connectivity index (χ1) is 36.9. The summed E-state index contributed by atoms with van der Waals surface area (Å²) in [4.78, 5) is 127. The first kappa shape index (κ1) is 60.9. The third-order valence-corrected chi connectivity index (χ3v) is 16.0. The molecule has 0 saturated carbocycles. The molecule has 11 atom stereocenters. The van der Waals surface area contributed by atoms with Crippen molar-refractivity contribution in [1.29, 1.82) is 0 Å². The number of epoxide rings is 1. The number of hydroxylamine groups is 2. The number of fused-ring (bicyclic) bond motifs is 5. The number of ether oxygens (including phenoxy) is 6. The van der Waals surface area contributed by atoms with Gasteiger partial charge in [0.05, 0.1) is 19.8 Å². The standard InChI is InChI=1S/C55H75N5O17S/c1-31-17-16-20-43(72-10)55(70)29-42(74-51(67)57-55)34(4)48-54(6,76-48)44(28-40(61)32(2)38-26-36(25-31)27-41(71-9)33(38)3)75-49(65)35(5)59(8)45(62)23-24-78-52(68)56-39(50(66)77-60-46(63)21-22-47(60)64)30-58(7)53(69)73-37-18-14-12-11-13-15-19-37/h14,16-18,20,26-27,32,34-35,37,39,42-44,48,70H,11-13,15,19,21-25,28-30H2,1-10H3,(H,56,68)(H,57,67)/b18-14+,20-16+,31-17+/t32?,34-,35+,37?,39?,42?,43?,44+,48+,54+,55?/m1/s1. The number of methoxy groups -OCH3 is 2. The number of thioether (sulfide) groups is 1. The quantitative estimate of drug-likeness (QED) is 0.0668. The number of carbonyl (C=O) groups excluding carboxylic acids is 9. The highest BCUT2D eigenvalue weighted by Gasteiger charge is 2.64. The SMILES string of the molecule is COc1cc2cc(c1C)C(C)C(=O)C[C@H](OC(=O)[C@H](C)N(C)C(=O)CCSC(=O)NC(CN(C)C(=O)OC1/C=C/CCCCC1)C(=O)ON1C(=O)CCC1=O)[C@]1(C)O[C@H]1[C@H](C)C1CC(O)(NC(=O)O1)C(OC)/C=C/C=C(\C)C2. The maximum absolute atomic E-state index is 14.5. The van der Waals surface area contributed by atoms with Crippen LogP contribution in [0.5, 0.6) is 5.75 Å². The van der Waals surface area contributed by atoms with Gasteiger partial charge in [-0.15, -0.1) is 5.06 Å². The topological polar surface area (TPSA) is 276 Å². The van der Waals surface area contributed by atoms with Gasteiger partial charge in [-0.25, -0.2) is 19.2 Å². The van der Waals surface area contributed by atoms with Gasteiger partial charge in [0.2, 0.25) is 5.91 Å². The minimum Gasteiger partial charge on any atom is -0.496 e. The Labute approximate surface area is 459 Å². The molecule has 1 aromatic carbocycles. The monoisotopic (exact) mass is 1110 g/mol. The van der Waals surface area contributed by atoms with Crippen molar-refractivity contribution in [3.63, 3.8) is 0 Å². The number of hydrogen-bond donors (Lipinski definition) is 3. The molecule has 78 heavy (non-hydrogen) atoms. The lowest BCUT2D eigenvalue weighted by atomic mass is 9.82. The van der Waals surface area contributed by atoms with E-state index in [1.54, 1.807) is 46.1 Å². The van der Waals surface area contributed by atoms with Crippen molar-refractivity contribution in [2.24, 2.45) is 5.92 Å². The minimum atomic E-state index is -1.89. The van der Waals surface area contributed by atoms with Gasteiger partial charge in [-0.3, -0.25) is 29.3 Å². The largest absolute Gasteiger partial charge is 0.496 e. The molecule has 3 aliphatic heterocycles. The molecule has 428 valence electrons. The van der Waals surface area contributed by atoms with Gasteiger partial charge in [-0.05, 0) is 88.6 Å². The molecule has 0 radical (unpaired) electrons. The number of nitrogens with zero attached hydrogens (tertiary/aromatic N) is 3. The molecule has 3 heterocycles. The summed E-state index contributed by atoms with van der Waals surface area (Å²) in [6.07, 6.45) is 6.67. The first-order valence-electron chi connectivity index (χ1n) is 26.4. The van der Waals surface area contributed by atoms with Crippen LogP contribution in [0.15, 0.2) is 48.1 Å². The van der Waals surface area contributed by atoms with Gasteiger partial charge in [-0.2, -0.15) is 0 Å². The molecule has 6 amide bonds. The zero-order valence-corrected chi connectivity index (χ0v) is 47.0. The average molecular weight is 1110 g/mol. The number of ketones is 1. The van der Waals surface area contributed by atoms with E-state index in [0.29, 0.717) is 41.0 Å². The van der Waals surface area contributed by atoms with Crippen molar-refractivity contribution in [2.75, 3.05) is 40.6 Å². The van der Waals surface area contributed by atoms with Crippen molar-refractivity contribution < 1.29 is 81.5 Å². The second-order valence-electron chi connectivity index (χ2n) is 21.0. The van der Waals surface area contributed by atoms with Crippen LogP contribution in [0.1, 0.15) is 121 Å². The molecule has 0 spiro atoms. The number of alkyl carbamates (subject to hydrolysis) is 1. The summed E-state index contributed by atoms with van der Waals surface area (Å²) >= 11 is 0.620. The molecule has 22 nitrogen and oxygen atoms in total. The summed E-state index contributed by atoms with van der Waals surface area (Å²) < 4.78 is 35.3. The van der Waals surface area contributed by atoms with Gasteiger partial charge in [0.25, 0.3) is 17.1 Å². The summed E-state index contributed by atoms with van der Waals surface area (Å²) in [7, 11) is 5.69. The second-order valence-corrected chi connectivity index (χ2v) is 22.0. The Kier molecular flexibility index (Phi) is 20.8. The average Bonchev–Trinajstić information content (AvgIpc) is 4.14. The van der Waals surface area contributed by atoms with Crippen molar-refractivity contribution in [2.45, 2.75) is 172 Å². The Bertz CT molecular complexity index is 2540. The molecule has 3 N–H and O–H groups in total. The van der Waals surface area contributed by atoms with E-state index >= 15 is 0 Å². The molecule has 6 rings (SSSR count). The van der Waals surface area contributed by atoms with Crippen LogP contribution in [0.4, 0.5) is 14.4 Å². The van der Waals surface area contributed by atoms with Crippen molar-refractivity contribution in [3.05, 3.63) is 64.8 Å². The van der Waals surface area contributed by atoms with Gasteiger partial charge in [-0.1, -0.05) is 68.0 Å². The number of carbonyl (C=O) groups is 9. The van der Waals surface area contributed by atoms with E-state index in [1.807, 2.05) is 38.1 Å². The van der Waals surface area contributed by atoms with Crippen LogP contribution in [-0.2, 0) is 63.7 Å². The van der Waals surface area contributed by atoms with Gasteiger partial charge >= 0.3 is 24.1 Å². The highest BCUT2D eigenvalue weighted by atomic mass is 32.2. The maximum atomic E-state index is 14.5. The summed E-state index contributed by atoms with van der Waals surface area (Å²) in [5, 5.41) is 16.4.